The number of ether oxygens (including phenoxy) is 1. The molecule has 1 atom stereocenters. The van der Waals surface area contributed by atoms with Gasteiger partial charge in [0.2, 0.25) is 5.88 Å². The van der Waals surface area contributed by atoms with E-state index in [9.17, 15) is 9.18 Å². The number of halogens is 3. The molecule has 0 amide bonds. The minimum absolute atomic E-state index is 0.223. The van der Waals surface area contributed by atoms with Gasteiger partial charge < -0.3 is 4.74 Å². The Balaban J connectivity index is 1.73. The van der Waals surface area contributed by atoms with Crippen LogP contribution < -0.4 is 4.74 Å². The maximum absolute atomic E-state index is 14.1. The van der Waals surface area contributed by atoms with Crippen molar-refractivity contribution in [3.8, 4) is 5.88 Å². The lowest BCUT2D eigenvalue weighted by Gasteiger charge is -2.17. The van der Waals surface area contributed by atoms with Crippen molar-refractivity contribution in [1.29, 1.82) is 0 Å². The lowest BCUT2D eigenvalue weighted by atomic mass is 10.1. The van der Waals surface area contributed by atoms with E-state index in [-0.39, 0.29) is 17.5 Å². The van der Waals surface area contributed by atoms with Crippen LogP contribution in [0.1, 0.15) is 40.0 Å². The van der Waals surface area contributed by atoms with Crippen LogP contribution in [0, 0.1) is 5.82 Å². The summed E-state index contributed by atoms with van der Waals surface area (Å²) >= 11 is 12.2. The van der Waals surface area contributed by atoms with Crippen molar-refractivity contribution in [2.75, 3.05) is 0 Å². The highest BCUT2D eigenvalue weighted by atomic mass is 35.5. The van der Waals surface area contributed by atoms with Crippen molar-refractivity contribution in [2.45, 2.75) is 19.4 Å². The topological polar surface area (TPSA) is 57.0 Å². The predicted molar refractivity (Wildman–Crippen MR) is 121 cm³/mol. The molecule has 0 N–H and O–H groups in total. The van der Waals surface area contributed by atoms with E-state index in [0.29, 0.717) is 22.0 Å². The summed E-state index contributed by atoms with van der Waals surface area (Å²) in [6, 6.07) is 15.7. The predicted octanol–water partition coefficient (Wildman–Crippen LogP) is 6.14. The van der Waals surface area contributed by atoms with Crippen LogP contribution >= 0.6 is 23.2 Å². The summed E-state index contributed by atoms with van der Waals surface area (Å²) in [7, 11) is 0. The monoisotopic (exact) mass is 469 g/mol. The molecule has 2 aromatic heterocycles. The third-order valence-electron chi connectivity index (χ3n) is 5.03. The quantitative estimate of drug-likeness (QED) is 0.318. The second-order valence-electron chi connectivity index (χ2n) is 7.18. The van der Waals surface area contributed by atoms with Gasteiger partial charge in [0, 0.05) is 24.4 Å². The van der Waals surface area contributed by atoms with E-state index < -0.39 is 11.8 Å². The number of pyridine rings is 1. The first-order valence-electron chi connectivity index (χ1n) is 9.81. The van der Waals surface area contributed by atoms with Gasteiger partial charge in [0.15, 0.2) is 0 Å². The fourth-order valence-corrected chi connectivity index (χ4v) is 3.60. The molecule has 1 unspecified atom stereocenters. The number of benzene rings is 2. The minimum Gasteiger partial charge on any atom is -0.404 e. The maximum atomic E-state index is 14.1. The molecule has 0 aliphatic carbocycles. The molecule has 2 aromatic carbocycles. The lowest BCUT2D eigenvalue weighted by Crippen LogP contribution is -2.17. The summed E-state index contributed by atoms with van der Waals surface area (Å²) in [5.74, 6) is -1.34. The molecule has 0 spiro atoms. The van der Waals surface area contributed by atoms with Crippen molar-refractivity contribution in [3.05, 3.63) is 111 Å². The summed E-state index contributed by atoms with van der Waals surface area (Å²) in [6.07, 6.45) is 4.53. The van der Waals surface area contributed by atoms with Crippen LogP contribution in [-0.2, 0) is 6.42 Å². The number of carbonyl (C=O) groups is 1. The fourth-order valence-electron chi connectivity index (χ4n) is 3.30. The molecule has 0 fully saturated rings. The summed E-state index contributed by atoms with van der Waals surface area (Å²) in [5, 5.41) is 5.31. The van der Waals surface area contributed by atoms with Crippen LogP contribution in [0.3, 0.4) is 0 Å². The van der Waals surface area contributed by atoms with Crippen LogP contribution in [0.5, 0.6) is 5.88 Å². The molecule has 0 radical (unpaired) electrons. The molecule has 0 aliphatic rings. The van der Waals surface area contributed by atoms with Gasteiger partial charge in [-0.1, -0.05) is 59.6 Å². The van der Waals surface area contributed by atoms with E-state index in [1.807, 2.05) is 43.3 Å². The molecule has 32 heavy (non-hydrogen) atoms. The van der Waals surface area contributed by atoms with E-state index >= 15 is 0 Å². The molecule has 8 heteroatoms. The fraction of sp³-hybridized carbons (Fsp3) is 0.125. The van der Waals surface area contributed by atoms with Gasteiger partial charge in [-0.3, -0.25) is 4.98 Å². The molecule has 0 saturated carbocycles. The summed E-state index contributed by atoms with van der Waals surface area (Å²) < 4.78 is 21.4. The molecule has 0 aliphatic heterocycles. The number of aromatic nitrogens is 3. The molecule has 0 bridgehead atoms. The van der Waals surface area contributed by atoms with E-state index in [1.54, 1.807) is 23.0 Å². The van der Waals surface area contributed by atoms with Crippen molar-refractivity contribution in [2.24, 2.45) is 0 Å². The standard InChI is InChI=1S/C24H18Cl2FN3O2/c1-15(17-7-8-20(25)21(26)12-17)30-23(32-24(31)19-14-28-10-9-22(19)27)18(13-29-30)11-16-5-3-2-4-6-16/h2-10,12-15H,11H2,1H3. The summed E-state index contributed by atoms with van der Waals surface area (Å²) in [6.45, 7) is 1.89. The number of rotatable bonds is 6. The number of carbonyl (C=O) groups excluding carboxylic acids is 1. The molecular weight excluding hydrogens is 452 g/mol. The zero-order valence-electron chi connectivity index (χ0n) is 17.0. The van der Waals surface area contributed by atoms with Gasteiger partial charge in [-0.05, 0) is 36.2 Å². The second-order valence-corrected chi connectivity index (χ2v) is 7.99. The van der Waals surface area contributed by atoms with Crippen LogP contribution in [0.25, 0.3) is 0 Å². The van der Waals surface area contributed by atoms with Crippen molar-refractivity contribution in [1.82, 2.24) is 14.8 Å². The Hall–Kier alpha value is -3.22. The Kier molecular flexibility index (Phi) is 6.53. The van der Waals surface area contributed by atoms with E-state index in [4.69, 9.17) is 27.9 Å². The Morgan fingerprint density at radius 1 is 1.09 bits per heavy atom. The maximum Gasteiger partial charge on any atom is 0.349 e. The van der Waals surface area contributed by atoms with Crippen LogP contribution in [0.4, 0.5) is 4.39 Å². The third kappa shape index (κ3) is 4.66. The van der Waals surface area contributed by atoms with Crippen LogP contribution in [0.2, 0.25) is 10.0 Å². The first kappa shape index (κ1) is 22.0. The SMILES string of the molecule is CC(c1ccc(Cl)c(Cl)c1)n1ncc(Cc2ccccc2)c1OC(=O)c1cnccc1F. The number of hydrogen-bond donors (Lipinski definition) is 0. The largest absolute Gasteiger partial charge is 0.404 e. The average Bonchev–Trinajstić information content (AvgIpc) is 3.18. The highest BCUT2D eigenvalue weighted by Gasteiger charge is 2.23. The van der Waals surface area contributed by atoms with Crippen LogP contribution in [0.15, 0.2) is 73.2 Å². The Morgan fingerprint density at radius 3 is 2.59 bits per heavy atom. The van der Waals surface area contributed by atoms with E-state index in [1.165, 1.54) is 6.20 Å². The second kappa shape index (κ2) is 9.51. The van der Waals surface area contributed by atoms with Gasteiger partial charge in [0.05, 0.1) is 22.3 Å². The third-order valence-corrected chi connectivity index (χ3v) is 5.77. The van der Waals surface area contributed by atoms with Gasteiger partial charge in [0.25, 0.3) is 0 Å². The lowest BCUT2D eigenvalue weighted by molar-refractivity contribution is 0.0709. The van der Waals surface area contributed by atoms with Crippen molar-refractivity contribution in [3.63, 3.8) is 0 Å². The highest BCUT2D eigenvalue weighted by Crippen LogP contribution is 2.32. The summed E-state index contributed by atoms with van der Waals surface area (Å²) in [4.78, 5) is 16.6. The normalized spacial score (nSPS) is 11.9. The Labute approximate surface area is 194 Å². The first-order chi connectivity index (χ1) is 15.4. The number of nitrogens with zero attached hydrogens (tertiary/aromatic N) is 3. The first-order valence-corrected chi connectivity index (χ1v) is 10.6. The van der Waals surface area contributed by atoms with Gasteiger partial charge in [0.1, 0.15) is 11.4 Å². The van der Waals surface area contributed by atoms with Crippen molar-refractivity contribution >= 4 is 29.2 Å². The van der Waals surface area contributed by atoms with Gasteiger partial charge in [-0.15, -0.1) is 0 Å². The molecule has 4 rings (SSSR count). The molecular formula is C24H18Cl2FN3O2. The van der Waals surface area contributed by atoms with E-state index in [2.05, 4.69) is 10.1 Å². The molecule has 2 heterocycles. The smallest absolute Gasteiger partial charge is 0.349 e. The summed E-state index contributed by atoms with van der Waals surface area (Å²) in [5.41, 5.74) is 2.26. The average molecular weight is 470 g/mol. The highest BCUT2D eigenvalue weighted by molar-refractivity contribution is 6.42. The Bertz CT molecular complexity index is 1260. The molecule has 0 saturated heterocycles. The molecule has 5 nitrogen and oxygen atoms in total. The minimum atomic E-state index is -0.854. The zero-order valence-corrected chi connectivity index (χ0v) is 18.5. The van der Waals surface area contributed by atoms with Gasteiger partial charge >= 0.3 is 5.97 Å². The van der Waals surface area contributed by atoms with Crippen LogP contribution in [-0.4, -0.2) is 20.7 Å². The number of esters is 1. The van der Waals surface area contributed by atoms with Crippen molar-refractivity contribution < 1.29 is 13.9 Å². The van der Waals surface area contributed by atoms with Gasteiger partial charge in [-0.25, -0.2) is 13.9 Å². The molecule has 4 aromatic rings. The van der Waals surface area contributed by atoms with E-state index in [0.717, 1.165) is 23.4 Å². The van der Waals surface area contributed by atoms with Gasteiger partial charge in [-0.2, -0.15) is 5.10 Å². The number of hydrogen-bond acceptors (Lipinski definition) is 4. The molecule has 162 valence electrons. The zero-order chi connectivity index (χ0) is 22.7. The Morgan fingerprint density at radius 2 is 1.88 bits per heavy atom.